The van der Waals surface area contributed by atoms with Crippen molar-refractivity contribution in [1.29, 1.82) is 0 Å². The zero-order valence-electron chi connectivity index (χ0n) is 12.8. The highest BCUT2D eigenvalue weighted by atomic mass is 79.9. The maximum Gasteiger partial charge on any atom is 0.258 e. The maximum atomic E-state index is 12.0. The first-order valence-electron chi connectivity index (χ1n) is 7.79. The van der Waals surface area contributed by atoms with Crippen LogP contribution in [0.2, 0.25) is 5.02 Å². The van der Waals surface area contributed by atoms with Crippen LogP contribution in [0.1, 0.15) is 26.2 Å². The van der Waals surface area contributed by atoms with Gasteiger partial charge in [-0.25, -0.2) is 0 Å². The monoisotopic (exact) mass is 389 g/mol. The molecule has 0 spiro atoms. The van der Waals surface area contributed by atoms with Crippen LogP contribution >= 0.6 is 27.5 Å². The highest BCUT2D eigenvalue weighted by molar-refractivity contribution is 9.10. The lowest BCUT2D eigenvalue weighted by Gasteiger charge is -2.29. The fourth-order valence-corrected chi connectivity index (χ4v) is 3.51. The minimum absolute atomic E-state index is 0.00336. The summed E-state index contributed by atoms with van der Waals surface area (Å²) >= 11 is 9.40. The zero-order valence-corrected chi connectivity index (χ0v) is 15.2. The third-order valence-corrected chi connectivity index (χ3v) is 4.70. The van der Waals surface area contributed by atoms with Gasteiger partial charge in [0.1, 0.15) is 5.75 Å². The Bertz CT molecular complexity index is 505. The Balaban J connectivity index is 1.72. The van der Waals surface area contributed by atoms with Crippen LogP contribution in [-0.4, -0.2) is 38.2 Å². The molecule has 1 heterocycles. The van der Waals surface area contributed by atoms with Crippen molar-refractivity contribution >= 4 is 33.4 Å². The molecule has 22 heavy (non-hydrogen) atoms. The van der Waals surface area contributed by atoms with E-state index in [4.69, 9.17) is 16.3 Å². The van der Waals surface area contributed by atoms with Gasteiger partial charge in [0.15, 0.2) is 6.61 Å². The molecule has 122 valence electrons. The van der Waals surface area contributed by atoms with E-state index < -0.39 is 0 Å². The van der Waals surface area contributed by atoms with Crippen molar-refractivity contribution in [2.24, 2.45) is 0 Å². The van der Waals surface area contributed by atoms with Crippen molar-refractivity contribution in [2.75, 3.05) is 26.2 Å². The number of rotatable bonds is 6. The van der Waals surface area contributed by atoms with Crippen molar-refractivity contribution < 1.29 is 14.4 Å². The molecule has 0 unspecified atom stereocenters. The van der Waals surface area contributed by atoms with Gasteiger partial charge in [-0.05, 0) is 24.6 Å². The highest BCUT2D eigenvalue weighted by Crippen LogP contribution is 2.27. The van der Waals surface area contributed by atoms with Crippen molar-refractivity contribution in [1.82, 2.24) is 5.32 Å². The predicted molar refractivity (Wildman–Crippen MR) is 91.7 cm³/mol. The molecule has 0 saturated carbocycles. The third kappa shape index (κ3) is 5.45. The molecule has 0 atom stereocenters. The first kappa shape index (κ1) is 17.6. The summed E-state index contributed by atoms with van der Waals surface area (Å²) < 4.78 is 6.37. The van der Waals surface area contributed by atoms with Gasteiger partial charge in [-0.15, -0.1) is 0 Å². The fourth-order valence-electron chi connectivity index (χ4n) is 2.78. The second kappa shape index (κ2) is 8.75. The molecule has 1 saturated heterocycles. The molecule has 0 bridgehead atoms. The number of hydrogen-bond acceptors (Lipinski definition) is 2. The van der Waals surface area contributed by atoms with E-state index in [2.05, 4.69) is 28.2 Å². The second-order valence-electron chi connectivity index (χ2n) is 5.71. The Morgan fingerprint density at radius 1 is 1.45 bits per heavy atom. The Hall–Kier alpha value is -0.780. The van der Waals surface area contributed by atoms with Gasteiger partial charge in [-0.3, -0.25) is 4.79 Å². The fraction of sp³-hybridized carbons (Fsp3) is 0.562. The molecule has 2 N–H and O–H groups in total. The van der Waals surface area contributed by atoms with E-state index in [0.29, 0.717) is 10.8 Å². The number of hydrogen-bond donors (Lipinski definition) is 2. The van der Waals surface area contributed by atoms with Gasteiger partial charge in [-0.1, -0.05) is 34.5 Å². The van der Waals surface area contributed by atoms with Crippen LogP contribution in [0, 0.1) is 0 Å². The number of piperidine rings is 1. The molecule has 1 aliphatic heterocycles. The third-order valence-electron chi connectivity index (χ3n) is 3.91. The minimum atomic E-state index is -0.0806. The van der Waals surface area contributed by atoms with E-state index in [0.717, 1.165) is 30.4 Å². The first-order valence-corrected chi connectivity index (χ1v) is 8.96. The van der Waals surface area contributed by atoms with Crippen LogP contribution < -0.4 is 15.0 Å². The Morgan fingerprint density at radius 3 is 2.82 bits per heavy atom. The van der Waals surface area contributed by atoms with Gasteiger partial charge in [0.05, 0.1) is 24.7 Å². The van der Waals surface area contributed by atoms with Crippen molar-refractivity contribution in [3.8, 4) is 5.75 Å². The Kier molecular flexibility index (Phi) is 6.99. The van der Waals surface area contributed by atoms with Crippen LogP contribution in [0.25, 0.3) is 0 Å². The molecule has 1 aromatic rings. The summed E-state index contributed by atoms with van der Waals surface area (Å²) in [4.78, 5) is 13.6. The second-order valence-corrected chi connectivity index (χ2v) is 7.03. The molecule has 6 heteroatoms. The van der Waals surface area contributed by atoms with Gasteiger partial charge < -0.3 is 15.0 Å². The number of carbonyl (C=O) groups is 1. The van der Waals surface area contributed by atoms with E-state index in [1.54, 1.807) is 17.0 Å². The Morgan fingerprint density at radius 2 is 2.18 bits per heavy atom. The summed E-state index contributed by atoms with van der Waals surface area (Å²) in [6.45, 7) is 5.72. The molecule has 1 amide bonds. The van der Waals surface area contributed by atoms with Gasteiger partial charge in [0.25, 0.3) is 5.91 Å². The first-order chi connectivity index (χ1) is 10.6. The van der Waals surface area contributed by atoms with Crippen LogP contribution in [0.5, 0.6) is 5.75 Å². The molecule has 0 aromatic heterocycles. The normalized spacial score (nSPS) is 21.4. The number of halogens is 2. The average Bonchev–Trinajstić information content (AvgIpc) is 2.49. The molecular formula is C16H23BrClN2O2+. The summed E-state index contributed by atoms with van der Waals surface area (Å²) in [5.41, 5.74) is 0. The lowest BCUT2D eigenvalue weighted by Crippen LogP contribution is -3.13. The van der Waals surface area contributed by atoms with Crippen molar-refractivity contribution in [3.05, 3.63) is 27.7 Å². The van der Waals surface area contributed by atoms with Crippen LogP contribution in [-0.2, 0) is 4.79 Å². The quantitative estimate of drug-likeness (QED) is 0.781. The maximum absolute atomic E-state index is 12.0. The summed E-state index contributed by atoms with van der Waals surface area (Å²) in [5, 5.41) is 3.55. The lowest BCUT2D eigenvalue weighted by atomic mass is 10.0. The highest BCUT2D eigenvalue weighted by Gasteiger charge is 2.22. The predicted octanol–water partition coefficient (Wildman–Crippen LogP) is 2.05. The average molecular weight is 391 g/mol. The molecule has 2 rings (SSSR count). The van der Waals surface area contributed by atoms with Crippen LogP contribution in [0.4, 0.5) is 0 Å². The van der Waals surface area contributed by atoms with E-state index in [1.165, 1.54) is 13.0 Å². The molecular weight excluding hydrogens is 368 g/mol. The topological polar surface area (TPSA) is 42.8 Å². The summed E-state index contributed by atoms with van der Waals surface area (Å²) in [6.07, 6.45) is 3.30. The summed E-state index contributed by atoms with van der Waals surface area (Å²) in [5.74, 6) is 0.449. The van der Waals surface area contributed by atoms with Gasteiger partial charge in [0.2, 0.25) is 0 Å². The molecule has 1 fully saturated rings. The van der Waals surface area contributed by atoms with Gasteiger partial charge in [0, 0.05) is 23.4 Å². The van der Waals surface area contributed by atoms with Crippen molar-refractivity contribution in [3.63, 3.8) is 0 Å². The van der Waals surface area contributed by atoms with Gasteiger partial charge >= 0.3 is 0 Å². The standard InChI is InChI=1S/C16H22BrClN2O2/c1-2-7-20-8-5-13(6-9-20)19-16(21)11-22-15-4-3-12(17)10-14(15)18/h3-4,10,13H,2,5-9,11H2,1H3,(H,19,21)/p+1. The molecule has 0 radical (unpaired) electrons. The molecule has 4 nitrogen and oxygen atoms in total. The number of likely N-dealkylation sites (tertiary alicyclic amines) is 1. The van der Waals surface area contributed by atoms with E-state index in [-0.39, 0.29) is 18.6 Å². The lowest BCUT2D eigenvalue weighted by molar-refractivity contribution is -0.905. The van der Waals surface area contributed by atoms with E-state index in [1.807, 2.05) is 6.07 Å². The van der Waals surface area contributed by atoms with Crippen LogP contribution in [0.15, 0.2) is 22.7 Å². The number of benzene rings is 1. The molecule has 0 aliphatic carbocycles. The SMILES string of the molecule is CCC[NH+]1CCC(NC(=O)COc2ccc(Br)cc2Cl)CC1. The van der Waals surface area contributed by atoms with E-state index >= 15 is 0 Å². The molecule has 1 aromatic carbocycles. The number of ether oxygens (including phenoxy) is 1. The smallest absolute Gasteiger partial charge is 0.258 e. The van der Waals surface area contributed by atoms with Crippen molar-refractivity contribution in [2.45, 2.75) is 32.2 Å². The summed E-state index contributed by atoms with van der Waals surface area (Å²) in [7, 11) is 0. The van der Waals surface area contributed by atoms with E-state index in [9.17, 15) is 4.79 Å². The number of nitrogens with one attached hydrogen (secondary N) is 2. The van der Waals surface area contributed by atoms with Gasteiger partial charge in [-0.2, -0.15) is 0 Å². The largest absolute Gasteiger partial charge is 0.482 e. The molecule has 1 aliphatic rings. The van der Waals surface area contributed by atoms with Crippen LogP contribution in [0.3, 0.4) is 0 Å². The number of amides is 1. The zero-order chi connectivity index (χ0) is 15.9. The summed E-state index contributed by atoms with van der Waals surface area (Å²) in [6, 6.07) is 5.62. The Labute approximate surface area is 145 Å². The number of carbonyl (C=O) groups excluding carboxylic acids is 1. The number of quaternary nitrogens is 1. The minimum Gasteiger partial charge on any atom is -0.482 e.